The number of carbonyl (C=O) groups excluding carboxylic acids is 2. The zero-order chi connectivity index (χ0) is 31.0. The summed E-state index contributed by atoms with van der Waals surface area (Å²) in [5.74, 6) is 6.45. The minimum absolute atomic E-state index is 0.00455. The lowest BCUT2D eigenvalue weighted by Gasteiger charge is -2.61. The highest BCUT2D eigenvalue weighted by atomic mass is 16.2. The summed E-state index contributed by atoms with van der Waals surface area (Å²) in [4.78, 5) is 23.7. The van der Waals surface area contributed by atoms with E-state index in [2.05, 4.69) is 55.9 Å². The van der Waals surface area contributed by atoms with E-state index in [1.807, 2.05) is 6.92 Å². The van der Waals surface area contributed by atoms with Crippen LogP contribution in [0.5, 0.6) is 0 Å². The van der Waals surface area contributed by atoms with Crippen LogP contribution in [0.2, 0.25) is 0 Å². The Bertz CT molecular complexity index is 894. The first-order valence-electron chi connectivity index (χ1n) is 18.6. The molecule has 0 radical (unpaired) electrons. The van der Waals surface area contributed by atoms with Gasteiger partial charge < -0.3 is 21.3 Å². The van der Waals surface area contributed by atoms with Gasteiger partial charge in [0.1, 0.15) is 0 Å². The SMILES string of the molecule is CCCNC(=O)CCNC(=O)NCCCN[C@H]1CCC2(C)C3CCC4(C)C(CCC4[C@@H](C)CCCC(C)C)[C@@H]3CC[C@H]2C1. The first-order valence-corrected chi connectivity index (χ1v) is 18.6. The average molecular weight is 601 g/mol. The average Bonchev–Trinajstić information content (AvgIpc) is 3.33. The lowest BCUT2D eigenvalue weighted by Crippen LogP contribution is -2.55. The molecule has 4 saturated carbocycles. The molecule has 9 atom stereocenters. The van der Waals surface area contributed by atoms with Crippen LogP contribution in [-0.4, -0.2) is 44.2 Å². The van der Waals surface area contributed by atoms with E-state index in [-0.39, 0.29) is 11.9 Å². The van der Waals surface area contributed by atoms with Crippen molar-refractivity contribution in [2.45, 2.75) is 144 Å². The third-order valence-electron chi connectivity index (χ3n) is 13.1. The standard InChI is InChI=1S/C37H68N4O2/c1-7-21-39-34(42)18-24-41-35(43)40-23-9-22-38-29-16-19-36(5)28(25-29)12-13-30-32-15-14-31(27(4)11-8-10-26(2)3)37(32,6)20-17-33(30)36/h26-33,38H,7-25H2,1-6H3,(H,39,42)(H2,40,41,43)/t27-,28-,29-,30-,31?,32?,33?,36?,37?/m0/s1. The number of urea groups is 1. The van der Waals surface area contributed by atoms with Crippen LogP contribution in [0, 0.1) is 52.3 Å². The minimum atomic E-state index is -0.175. The van der Waals surface area contributed by atoms with Crippen molar-refractivity contribution in [3.05, 3.63) is 0 Å². The molecule has 6 nitrogen and oxygen atoms in total. The first kappa shape index (κ1) is 34.6. The second-order valence-corrected chi connectivity index (χ2v) is 16.2. The molecular formula is C37H68N4O2. The van der Waals surface area contributed by atoms with Crippen LogP contribution in [-0.2, 0) is 4.79 Å². The number of rotatable bonds is 15. The predicted octanol–water partition coefficient (Wildman–Crippen LogP) is 7.67. The Morgan fingerprint density at radius 1 is 0.767 bits per heavy atom. The summed E-state index contributed by atoms with van der Waals surface area (Å²) in [6, 6.07) is 0.452. The molecule has 43 heavy (non-hydrogen) atoms. The molecule has 0 bridgehead atoms. The summed E-state index contributed by atoms with van der Waals surface area (Å²) in [5, 5.41) is 12.4. The number of fused-ring (bicyclic) bond motifs is 5. The summed E-state index contributed by atoms with van der Waals surface area (Å²) in [6.07, 6.45) is 19.4. The van der Waals surface area contributed by atoms with Gasteiger partial charge in [-0.15, -0.1) is 0 Å². The van der Waals surface area contributed by atoms with E-state index >= 15 is 0 Å². The molecule has 4 aliphatic rings. The maximum Gasteiger partial charge on any atom is 0.314 e. The summed E-state index contributed by atoms with van der Waals surface area (Å²) >= 11 is 0. The molecule has 248 valence electrons. The van der Waals surface area contributed by atoms with Gasteiger partial charge in [0.05, 0.1) is 0 Å². The Balaban J connectivity index is 1.17. The van der Waals surface area contributed by atoms with E-state index in [1.54, 1.807) is 0 Å². The van der Waals surface area contributed by atoms with Crippen molar-refractivity contribution >= 4 is 11.9 Å². The molecule has 0 aromatic heterocycles. The van der Waals surface area contributed by atoms with E-state index in [9.17, 15) is 9.59 Å². The summed E-state index contributed by atoms with van der Waals surface area (Å²) < 4.78 is 0. The van der Waals surface area contributed by atoms with E-state index in [0.717, 1.165) is 60.8 Å². The van der Waals surface area contributed by atoms with Gasteiger partial charge in [-0.05, 0) is 129 Å². The topological polar surface area (TPSA) is 82.3 Å². The van der Waals surface area contributed by atoms with Crippen molar-refractivity contribution in [3.63, 3.8) is 0 Å². The maximum absolute atomic E-state index is 12.0. The Labute approximate surface area is 264 Å². The Kier molecular flexibility index (Phi) is 12.7. The lowest BCUT2D eigenvalue weighted by molar-refractivity contribution is -0.120. The largest absolute Gasteiger partial charge is 0.356 e. The van der Waals surface area contributed by atoms with Crippen molar-refractivity contribution < 1.29 is 9.59 Å². The van der Waals surface area contributed by atoms with Gasteiger partial charge in [-0.3, -0.25) is 4.79 Å². The Hall–Kier alpha value is -1.30. The first-order chi connectivity index (χ1) is 20.6. The minimum Gasteiger partial charge on any atom is -0.356 e. The number of nitrogens with one attached hydrogen (secondary N) is 4. The van der Waals surface area contributed by atoms with Gasteiger partial charge in [-0.1, -0.05) is 60.8 Å². The van der Waals surface area contributed by atoms with Crippen LogP contribution in [0.1, 0.15) is 138 Å². The maximum atomic E-state index is 12.0. The molecule has 4 rings (SSSR count). The molecular weight excluding hydrogens is 532 g/mol. The fourth-order valence-corrected chi connectivity index (χ4v) is 10.8. The molecule has 6 heteroatoms. The second kappa shape index (κ2) is 15.8. The molecule has 5 unspecified atom stereocenters. The molecule has 0 aliphatic heterocycles. The van der Waals surface area contributed by atoms with Crippen LogP contribution < -0.4 is 21.3 Å². The highest BCUT2D eigenvalue weighted by Gasteiger charge is 2.60. The molecule has 0 aromatic rings. The summed E-state index contributed by atoms with van der Waals surface area (Å²) in [6.45, 7) is 17.5. The molecule has 0 heterocycles. The molecule has 4 aliphatic carbocycles. The summed E-state index contributed by atoms with van der Waals surface area (Å²) in [7, 11) is 0. The molecule has 0 spiro atoms. The van der Waals surface area contributed by atoms with Gasteiger partial charge in [0.15, 0.2) is 0 Å². The van der Waals surface area contributed by atoms with Gasteiger partial charge >= 0.3 is 6.03 Å². The molecule has 4 N–H and O–H groups in total. The fraction of sp³-hybridized carbons (Fsp3) is 0.946. The van der Waals surface area contributed by atoms with Crippen molar-refractivity contribution in [1.82, 2.24) is 21.3 Å². The summed E-state index contributed by atoms with van der Waals surface area (Å²) in [5.41, 5.74) is 1.13. The predicted molar refractivity (Wildman–Crippen MR) is 179 cm³/mol. The molecule has 0 saturated heterocycles. The van der Waals surface area contributed by atoms with Gasteiger partial charge in [0, 0.05) is 32.1 Å². The van der Waals surface area contributed by atoms with Crippen LogP contribution in [0.3, 0.4) is 0 Å². The smallest absolute Gasteiger partial charge is 0.314 e. The van der Waals surface area contributed by atoms with E-state index in [4.69, 9.17) is 0 Å². The van der Waals surface area contributed by atoms with E-state index in [1.165, 1.54) is 77.0 Å². The number of carbonyl (C=O) groups is 2. The Morgan fingerprint density at radius 2 is 1.51 bits per heavy atom. The fourth-order valence-electron chi connectivity index (χ4n) is 10.8. The quantitative estimate of drug-likeness (QED) is 0.146. The van der Waals surface area contributed by atoms with Crippen LogP contribution >= 0.6 is 0 Å². The van der Waals surface area contributed by atoms with Gasteiger partial charge in [0.2, 0.25) is 5.91 Å². The number of amides is 3. The van der Waals surface area contributed by atoms with Crippen LogP contribution in [0.15, 0.2) is 0 Å². The van der Waals surface area contributed by atoms with Gasteiger partial charge in [-0.25, -0.2) is 4.79 Å². The third-order valence-corrected chi connectivity index (χ3v) is 13.1. The Morgan fingerprint density at radius 3 is 2.28 bits per heavy atom. The molecule has 4 fully saturated rings. The van der Waals surface area contributed by atoms with Crippen molar-refractivity contribution in [2.75, 3.05) is 26.2 Å². The number of hydrogen-bond acceptors (Lipinski definition) is 3. The highest BCUT2D eigenvalue weighted by molar-refractivity contribution is 5.78. The second-order valence-electron chi connectivity index (χ2n) is 16.2. The van der Waals surface area contributed by atoms with Crippen LogP contribution in [0.4, 0.5) is 4.79 Å². The van der Waals surface area contributed by atoms with Gasteiger partial charge in [-0.2, -0.15) is 0 Å². The van der Waals surface area contributed by atoms with E-state index < -0.39 is 0 Å². The molecule has 0 aromatic carbocycles. The van der Waals surface area contributed by atoms with Gasteiger partial charge in [0.25, 0.3) is 0 Å². The third kappa shape index (κ3) is 8.50. The van der Waals surface area contributed by atoms with E-state index in [0.29, 0.717) is 42.9 Å². The van der Waals surface area contributed by atoms with Crippen molar-refractivity contribution in [2.24, 2.45) is 52.3 Å². The monoisotopic (exact) mass is 601 g/mol. The lowest BCUT2D eigenvalue weighted by atomic mass is 9.44. The molecule has 3 amide bonds. The van der Waals surface area contributed by atoms with Crippen molar-refractivity contribution in [3.8, 4) is 0 Å². The van der Waals surface area contributed by atoms with Crippen LogP contribution in [0.25, 0.3) is 0 Å². The number of hydrogen-bond donors (Lipinski definition) is 4. The normalized spacial score (nSPS) is 35.9. The van der Waals surface area contributed by atoms with Crippen molar-refractivity contribution in [1.29, 1.82) is 0 Å². The zero-order valence-electron chi connectivity index (χ0n) is 28.9. The highest BCUT2D eigenvalue weighted by Crippen LogP contribution is 2.68. The zero-order valence-corrected chi connectivity index (χ0v) is 28.9.